The number of carbonyl (C=O) groups excluding carboxylic acids is 2. The molecule has 0 aliphatic heterocycles. The van der Waals surface area contributed by atoms with Crippen molar-refractivity contribution in [3.05, 3.63) is 74.7 Å². The highest BCUT2D eigenvalue weighted by molar-refractivity contribution is 9.11. The van der Waals surface area contributed by atoms with Crippen molar-refractivity contribution in [3.63, 3.8) is 0 Å². The van der Waals surface area contributed by atoms with Gasteiger partial charge in [0, 0.05) is 16.0 Å². The fraction of sp³-hybridized carbons (Fsp3) is 0.0909. The zero-order chi connectivity index (χ0) is 22.0. The maximum atomic E-state index is 13.0. The smallest absolute Gasteiger partial charge is 0.339 e. The summed E-state index contributed by atoms with van der Waals surface area (Å²) in [5, 5.41) is 4.24. The van der Waals surface area contributed by atoms with Crippen molar-refractivity contribution in [1.82, 2.24) is 9.97 Å². The van der Waals surface area contributed by atoms with Gasteiger partial charge in [-0.1, -0.05) is 53.3 Å². The Morgan fingerprint density at radius 3 is 2.74 bits per heavy atom. The van der Waals surface area contributed by atoms with Gasteiger partial charge in [-0.05, 0) is 46.6 Å². The number of pyridine rings is 1. The van der Waals surface area contributed by atoms with Gasteiger partial charge in [-0.3, -0.25) is 10.1 Å². The number of halogens is 2. The summed E-state index contributed by atoms with van der Waals surface area (Å²) in [6.07, 6.45) is 1.58. The van der Waals surface area contributed by atoms with Crippen LogP contribution in [-0.4, -0.2) is 28.5 Å². The highest BCUT2D eigenvalue weighted by Crippen LogP contribution is 2.31. The summed E-state index contributed by atoms with van der Waals surface area (Å²) in [6.45, 7) is 1.37. The van der Waals surface area contributed by atoms with Crippen LogP contribution in [0.15, 0.2) is 58.5 Å². The van der Waals surface area contributed by atoms with Crippen LogP contribution < -0.4 is 5.32 Å². The summed E-state index contributed by atoms with van der Waals surface area (Å²) in [5.41, 5.74) is 3.08. The van der Waals surface area contributed by atoms with Crippen LogP contribution in [-0.2, 0) is 9.53 Å². The molecule has 2 heterocycles. The summed E-state index contributed by atoms with van der Waals surface area (Å²) in [6, 6.07) is 14.6. The average Bonchev–Trinajstić information content (AvgIpc) is 3.16. The predicted molar refractivity (Wildman–Crippen MR) is 126 cm³/mol. The maximum absolute atomic E-state index is 13.0. The number of thiazole rings is 1. The van der Waals surface area contributed by atoms with Gasteiger partial charge in [-0.25, -0.2) is 14.8 Å². The lowest BCUT2D eigenvalue weighted by Crippen LogP contribution is -2.21. The highest BCUT2D eigenvalue weighted by atomic mass is 79.9. The number of esters is 1. The number of fused-ring (bicyclic) bond motifs is 1. The number of rotatable bonds is 5. The van der Waals surface area contributed by atoms with E-state index in [9.17, 15) is 9.59 Å². The van der Waals surface area contributed by atoms with Crippen molar-refractivity contribution >= 4 is 66.8 Å². The molecule has 9 heteroatoms. The Morgan fingerprint density at radius 1 is 1.19 bits per heavy atom. The molecule has 0 spiro atoms. The number of aromatic nitrogens is 2. The lowest BCUT2D eigenvalue weighted by atomic mass is 9.98. The van der Waals surface area contributed by atoms with E-state index in [0.29, 0.717) is 37.9 Å². The second-order valence-electron chi connectivity index (χ2n) is 6.58. The molecule has 2 aromatic heterocycles. The summed E-state index contributed by atoms with van der Waals surface area (Å²) in [5.74, 6) is -1.07. The van der Waals surface area contributed by atoms with Crippen LogP contribution in [0, 0.1) is 6.92 Å². The Bertz CT molecular complexity index is 1310. The Balaban J connectivity index is 1.64. The third-order valence-electron chi connectivity index (χ3n) is 4.50. The normalized spacial score (nSPS) is 10.8. The summed E-state index contributed by atoms with van der Waals surface area (Å²) < 4.78 is 6.12. The molecular weight excluding hydrogens is 502 g/mol. The quantitative estimate of drug-likeness (QED) is 0.335. The molecule has 0 saturated heterocycles. The number of nitrogens with one attached hydrogen (secondary N) is 1. The minimum absolute atomic E-state index is 0.366. The second kappa shape index (κ2) is 9.13. The molecule has 4 rings (SSSR count). The van der Waals surface area contributed by atoms with E-state index in [4.69, 9.17) is 21.3 Å². The molecule has 0 atom stereocenters. The van der Waals surface area contributed by atoms with Crippen LogP contribution in [0.1, 0.15) is 15.9 Å². The first kappa shape index (κ1) is 21.4. The van der Waals surface area contributed by atoms with Crippen molar-refractivity contribution in [2.75, 3.05) is 11.9 Å². The maximum Gasteiger partial charge on any atom is 0.339 e. The fourth-order valence-electron chi connectivity index (χ4n) is 3.16. The van der Waals surface area contributed by atoms with Crippen LogP contribution in [0.4, 0.5) is 5.13 Å². The van der Waals surface area contributed by atoms with Gasteiger partial charge in [0.25, 0.3) is 5.91 Å². The van der Waals surface area contributed by atoms with Gasteiger partial charge in [-0.2, -0.15) is 0 Å². The summed E-state index contributed by atoms with van der Waals surface area (Å²) in [4.78, 5) is 33.9. The van der Waals surface area contributed by atoms with E-state index < -0.39 is 18.5 Å². The van der Waals surface area contributed by atoms with Crippen molar-refractivity contribution < 1.29 is 14.3 Å². The predicted octanol–water partition coefficient (Wildman–Crippen LogP) is 5.88. The Labute approximate surface area is 195 Å². The molecule has 1 N–H and O–H groups in total. The van der Waals surface area contributed by atoms with E-state index in [1.54, 1.807) is 31.3 Å². The molecule has 0 unspecified atom stereocenters. The zero-order valence-electron chi connectivity index (χ0n) is 16.2. The molecule has 0 aliphatic rings. The lowest BCUT2D eigenvalue weighted by Gasteiger charge is -2.14. The van der Waals surface area contributed by atoms with E-state index in [0.717, 1.165) is 9.35 Å². The molecule has 0 saturated carbocycles. The van der Waals surface area contributed by atoms with E-state index in [2.05, 4.69) is 26.2 Å². The molecule has 4 aromatic rings. The third-order valence-corrected chi connectivity index (χ3v) is 6.12. The monoisotopic (exact) mass is 515 g/mol. The molecule has 0 fully saturated rings. The Hall–Kier alpha value is -2.81. The van der Waals surface area contributed by atoms with Gasteiger partial charge in [-0.15, -0.1) is 0 Å². The molecule has 1 amide bonds. The summed E-state index contributed by atoms with van der Waals surface area (Å²) >= 11 is 10.7. The number of anilines is 1. The van der Waals surface area contributed by atoms with E-state index in [-0.39, 0.29) is 0 Å². The number of carbonyl (C=O) groups is 2. The Kier molecular flexibility index (Phi) is 6.31. The second-order valence-corrected chi connectivity index (χ2v) is 9.43. The summed E-state index contributed by atoms with van der Waals surface area (Å²) in [7, 11) is 0. The minimum atomic E-state index is -0.602. The molecule has 0 aliphatic carbocycles. The molecule has 31 heavy (non-hydrogen) atoms. The standard InChI is InChI=1S/C22H15BrClN3O3S/c1-12-19(21(29)30-11-18(28)27-22-25-10-17(23)31-22)15-7-2-3-8-16(15)26-20(12)13-5-4-6-14(24)9-13/h2-10H,11H2,1H3,(H,25,27,28). The van der Waals surface area contributed by atoms with Crippen LogP contribution in [0.25, 0.3) is 22.2 Å². The topological polar surface area (TPSA) is 81.2 Å². The largest absolute Gasteiger partial charge is 0.452 e. The molecule has 0 bridgehead atoms. The van der Waals surface area contributed by atoms with Crippen molar-refractivity contribution in [1.29, 1.82) is 0 Å². The first-order chi connectivity index (χ1) is 14.9. The van der Waals surface area contributed by atoms with Gasteiger partial charge in [0.1, 0.15) is 0 Å². The SMILES string of the molecule is Cc1c(-c2cccc(Cl)c2)nc2ccccc2c1C(=O)OCC(=O)Nc1ncc(Br)s1. The van der Waals surface area contributed by atoms with Gasteiger partial charge < -0.3 is 4.74 Å². The van der Waals surface area contributed by atoms with Crippen LogP contribution >= 0.6 is 38.9 Å². The highest BCUT2D eigenvalue weighted by Gasteiger charge is 2.21. The molecular formula is C22H15BrClN3O3S. The van der Waals surface area contributed by atoms with Gasteiger partial charge in [0.05, 0.1) is 26.8 Å². The zero-order valence-corrected chi connectivity index (χ0v) is 19.3. The number of para-hydroxylation sites is 1. The van der Waals surface area contributed by atoms with Crippen LogP contribution in [0.5, 0.6) is 0 Å². The number of nitrogens with zero attached hydrogens (tertiary/aromatic N) is 2. The van der Waals surface area contributed by atoms with Crippen LogP contribution in [0.2, 0.25) is 5.02 Å². The van der Waals surface area contributed by atoms with E-state index in [1.807, 2.05) is 30.3 Å². The number of benzene rings is 2. The average molecular weight is 517 g/mol. The molecule has 2 aromatic carbocycles. The molecule has 6 nitrogen and oxygen atoms in total. The fourth-order valence-corrected chi connectivity index (χ4v) is 4.47. The van der Waals surface area contributed by atoms with Crippen molar-refractivity contribution in [2.45, 2.75) is 6.92 Å². The number of hydrogen-bond acceptors (Lipinski definition) is 6. The third kappa shape index (κ3) is 4.76. The molecule has 0 radical (unpaired) electrons. The van der Waals surface area contributed by atoms with Gasteiger partial charge in [0.15, 0.2) is 11.7 Å². The van der Waals surface area contributed by atoms with Crippen molar-refractivity contribution in [2.24, 2.45) is 0 Å². The van der Waals surface area contributed by atoms with Gasteiger partial charge >= 0.3 is 5.97 Å². The van der Waals surface area contributed by atoms with Crippen LogP contribution in [0.3, 0.4) is 0 Å². The number of ether oxygens (including phenoxy) is 1. The minimum Gasteiger partial charge on any atom is -0.452 e. The van der Waals surface area contributed by atoms with E-state index in [1.165, 1.54) is 11.3 Å². The number of hydrogen-bond donors (Lipinski definition) is 1. The lowest BCUT2D eigenvalue weighted by molar-refractivity contribution is -0.119. The first-order valence-corrected chi connectivity index (χ1v) is 11.1. The van der Waals surface area contributed by atoms with Crippen molar-refractivity contribution in [3.8, 4) is 11.3 Å². The molecule has 156 valence electrons. The Morgan fingerprint density at radius 2 is 2.00 bits per heavy atom. The van der Waals surface area contributed by atoms with Gasteiger partial charge in [0.2, 0.25) is 0 Å². The first-order valence-electron chi connectivity index (χ1n) is 9.16. The number of amides is 1. The van der Waals surface area contributed by atoms with E-state index >= 15 is 0 Å².